The molecule has 33 heavy (non-hydrogen) atoms. The van der Waals surface area contributed by atoms with Crippen molar-refractivity contribution in [2.45, 2.75) is 38.9 Å². The monoisotopic (exact) mass is 469 g/mol. The third kappa shape index (κ3) is 5.71. The number of hydrogen-bond acceptors (Lipinski definition) is 7. The number of nitrogens with zero attached hydrogens (tertiary/aromatic N) is 4. The Hall–Kier alpha value is -2.94. The maximum atomic E-state index is 12.7. The van der Waals surface area contributed by atoms with Gasteiger partial charge in [-0.05, 0) is 55.0 Å². The first-order valence-corrected chi connectivity index (χ1v) is 12.2. The van der Waals surface area contributed by atoms with Crippen LogP contribution in [0.1, 0.15) is 31.6 Å². The van der Waals surface area contributed by atoms with Crippen molar-refractivity contribution in [2.24, 2.45) is 11.8 Å². The molecule has 3 heterocycles. The number of carbonyl (C=O) groups excluding carboxylic acids is 1. The van der Waals surface area contributed by atoms with Gasteiger partial charge in [-0.1, -0.05) is 31.7 Å². The van der Waals surface area contributed by atoms with Gasteiger partial charge in [-0.2, -0.15) is 0 Å². The van der Waals surface area contributed by atoms with Gasteiger partial charge < -0.3 is 19.4 Å². The molecule has 0 saturated carbocycles. The zero-order valence-corrected chi connectivity index (χ0v) is 20.4. The summed E-state index contributed by atoms with van der Waals surface area (Å²) in [6.07, 6.45) is 2.88. The van der Waals surface area contributed by atoms with E-state index in [9.17, 15) is 4.79 Å². The molecule has 2 unspecified atom stereocenters. The molecule has 1 aromatic carbocycles. The van der Waals surface area contributed by atoms with Gasteiger partial charge in [0.15, 0.2) is 5.16 Å². The van der Waals surface area contributed by atoms with Crippen molar-refractivity contribution in [3.63, 3.8) is 0 Å². The molecule has 0 aliphatic carbocycles. The number of amides is 1. The lowest BCUT2D eigenvalue weighted by atomic mass is 9.92. The van der Waals surface area contributed by atoms with E-state index in [2.05, 4.69) is 38.8 Å². The van der Waals surface area contributed by atoms with Crippen LogP contribution in [0.25, 0.3) is 0 Å². The normalized spacial score (nSPS) is 18.4. The molecule has 8 nitrogen and oxygen atoms in total. The Morgan fingerprint density at radius 3 is 2.73 bits per heavy atom. The quantitative estimate of drug-likeness (QED) is 0.488. The van der Waals surface area contributed by atoms with Crippen molar-refractivity contribution < 1.29 is 13.9 Å². The summed E-state index contributed by atoms with van der Waals surface area (Å²) in [4.78, 5) is 15.0. The third-order valence-corrected chi connectivity index (χ3v) is 6.67. The number of aryl methyl sites for hydroxylation is 1. The fourth-order valence-electron chi connectivity index (χ4n) is 4.38. The molecule has 0 radical (unpaired) electrons. The number of nitrogens with one attached hydrogen (secondary N) is 1. The first kappa shape index (κ1) is 23.2. The van der Waals surface area contributed by atoms with Gasteiger partial charge in [-0.25, -0.2) is 0 Å². The number of carbonyl (C=O) groups is 1. The number of piperidine rings is 1. The minimum absolute atomic E-state index is 0.127. The topological polar surface area (TPSA) is 85.4 Å². The molecule has 176 valence electrons. The van der Waals surface area contributed by atoms with Crippen LogP contribution in [0, 0.1) is 18.8 Å². The largest absolute Gasteiger partial charge is 0.495 e. The Balaban J connectivity index is 1.50. The Labute approximate surface area is 198 Å². The minimum atomic E-state index is -0.127. The van der Waals surface area contributed by atoms with Gasteiger partial charge in [0.2, 0.25) is 11.9 Å². The molecule has 1 aliphatic heterocycles. The van der Waals surface area contributed by atoms with Gasteiger partial charge in [-0.15, -0.1) is 10.2 Å². The average Bonchev–Trinajstić information content (AvgIpc) is 3.42. The summed E-state index contributed by atoms with van der Waals surface area (Å²) in [7, 11) is 1.59. The van der Waals surface area contributed by atoms with Gasteiger partial charge in [0, 0.05) is 13.1 Å². The summed E-state index contributed by atoms with van der Waals surface area (Å²) < 4.78 is 13.0. The standard InChI is InChI=1S/C24H31N5O3S/c1-16-7-8-21(31-4)20(11-16)25-22(30)15-33-24-27-26-23(28-12-17(2)10-18(3)13-28)29(24)14-19-6-5-9-32-19/h5-9,11,17-18H,10,12-15H2,1-4H3,(H,25,30). The fraction of sp³-hybridized carbons (Fsp3) is 0.458. The van der Waals surface area contributed by atoms with Gasteiger partial charge in [0.1, 0.15) is 11.5 Å². The van der Waals surface area contributed by atoms with E-state index in [0.717, 1.165) is 30.4 Å². The molecule has 3 aromatic rings. The Morgan fingerprint density at radius 1 is 1.24 bits per heavy atom. The summed E-state index contributed by atoms with van der Waals surface area (Å²) in [6, 6.07) is 9.52. The third-order valence-electron chi connectivity index (χ3n) is 5.70. The molecule has 0 bridgehead atoms. The van der Waals surface area contributed by atoms with Gasteiger partial charge in [0.25, 0.3) is 0 Å². The summed E-state index contributed by atoms with van der Waals surface area (Å²) in [5.74, 6) is 3.55. The number of thioether (sulfide) groups is 1. The number of aromatic nitrogens is 3. The predicted octanol–water partition coefficient (Wildman–Crippen LogP) is 4.45. The van der Waals surface area contributed by atoms with Crippen molar-refractivity contribution in [2.75, 3.05) is 36.2 Å². The van der Waals surface area contributed by atoms with Gasteiger partial charge >= 0.3 is 0 Å². The lowest BCUT2D eigenvalue weighted by Crippen LogP contribution is -2.40. The Kier molecular flexibility index (Phi) is 7.27. The molecule has 9 heteroatoms. The lowest BCUT2D eigenvalue weighted by Gasteiger charge is -2.35. The highest BCUT2D eigenvalue weighted by atomic mass is 32.2. The highest BCUT2D eigenvalue weighted by Crippen LogP contribution is 2.30. The Morgan fingerprint density at radius 2 is 2.03 bits per heavy atom. The van der Waals surface area contributed by atoms with E-state index in [1.165, 1.54) is 18.2 Å². The van der Waals surface area contributed by atoms with E-state index in [-0.39, 0.29) is 11.7 Å². The molecule has 2 aromatic heterocycles. The highest BCUT2D eigenvalue weighted by molar-refractivity contribution is 7.99. The predicted molar refractivity (Wildman–Crippen MR) is 130 cm³/mol. The number of rotatable bonds is 8. The minimum Gasteiger partial charge on any atom is -0.495 e. The van der Waals surface area contributed by atoms with Crippen molar-refractivity contribution in [1.82, 2.24) is 14.8 Å². The molecule has 1 N–H and O–H groups in total. The maximum absolute atomic E-state index is 12.7. The maximum Gasteiger partial charge on any atom is 0.234 e. The first-order chi connectivity index (χ1) is 15.9. The molecule has 2 atom stereocenters. The van der Waals surface area contributed by atoms with Crippen LogP contribution >= 0.6 is 11.8 Å². The van der Waals surface area contributed by atoms with Crippen molar-refractivity contribution in [3.05, 3.63) is 47.9 Å². The second kappa shape index (κ2) is 10.3. The van der Waals surface area contributed by atoms with E-state index in [1.807, 2.05) is 37.3 Å². The second-order valence-electron chi connectivity index (χ2n) is 8.84. The zero-order chi connectivity index (χ0) is 23.4. The van der Waals surface area contributed by atoms with Crippen LogP contribution < -0.4 is 15.0 Å². The molecule has 1 amide bonds. The van der Waals surface area contributed by atoms with Crippen molar-refractivity contribution >= 4 is 29.3 Å². The molecule has 1 saturated heterocycles. The van der Waals surface area contributed by atoms with Crippen molar-refractivity contribution in [3.8, 4) is 5.75 Å². The molecular weight excluding hydrogens is 438 g/mol. The zero-order valence-electron chi connectivity index (χ0n) is 19.6. The lowest BCUT2D eigenvalue weighted by molar-refractivity contribution is -0.113. The molecule has 1 fully saturated rings. The number of furan rings is 1. The van der Waals surface area contributed by atoms with E-state index in [1.54, 1.807) is 13.4 Å². The van der Waals surface area contributed by atoms with Crippen LogP contribution in [0.2, 0.25) is 0 Å². The molecular formula is C24H31N5O3S. The van der Waals surface area contributed by atoms with Crippen LogP contribution in [-0.2, 0) is 11.3 Å². The number of ether oxygens (including phenoxy) is 1. The summed E-state index contributed by atoms with van der Waals surface area (Å²) in [5, 5.41) is 12.6. The number of benzene rings is 1. The highest BCUT2D eigenvalue weighted by Gasteiger charge is 2.27. The van der Waals surface area contributed by atoms with Crippen LogP contribution in [-0.4, -0.2) is 46.6 Å². The van der Waals surface area contributed by atoms with Crippen LogP contribution in [0.4, 0.5) is 11.6 Å². The smallest absolute Gasteiger partial charge is 0.234 e. The molecule has 4 rings (SSSR count). The summed E-state index contributed by atoms with van der Waals surface area (Å²) in [5.41, 5.74) is 1.71. The van der Waals surface area contributed by atoms with E-state index in [4.69, 9.17) is 9.15 Å². The Bertz CT molecular complexity index is 1070. The fourth-order valence-corrected chi connectivity index (χ4v) is 5.11. The summed E-state index contributed by atoms with van der Waals surface area (Å²) >= 11 is 1.37. The van der Waals surface area contributed by atoms with Gasteiger partial charge in [-0.3, -0.25) is 9.36 Å². The number of anilines is 2. The van der Waals surface area contributed by atoms with E-state index >= 15 is 0 Å². The van der Waals surface area contributed by atoms with Crippen LogP contribution in [0.15, 0.2) is 46.2 Å². The van der Waals surface area contributed by atoms with Crippen LogP contribution in [0.3, 0.4) is 0 Å². The molecule has 0 spiro atoms. The number of methoxy groups -OCH3 is 1. The SMILES string of the molecule is COc1ccc(C)cc1NC(=O)CSc1nnc(N2CC(C)CC(C)C2)n1Cc1ccco1. The van der Waals surface area contributed by atoms with Gasteiger partial charge in [0.05, 0.1) is 31.4 Å². The summed E-state index contributed by atoms with van der Waals surface area (Å²) in [6.45, 7) is 8.93. The van der Waals surface area contributed by atoms with E-state index < -0.39 is 0 Å². The molecule has 1 aliphatic rings. The average molecular weight is 470 g/mol. The first-order valence-electron chi connectivity index (χ1n) is 11.2. The van der Waals surface area contributed by atoms with Crippen molar-refractivity contribution in [1.29, 1.82) is 0 Å². The number of hydrogen-bond donors (Lipinski definition) is 1. The van der Waals surface area contributed by atoms with Crippen LogP contribution in [0.5, 0.6) is 5.75 Å². The second-order valence-corrected chi connectivity index (χ2v) is 9.78. The van der Waals surface area contributed by atoms with E-state index in [0.29, 0.717) is 35.0 Å².